The summed E-state index contributed by atoms with van der Waals surface area (Å²) in [5.74, 6) is 0.663. The van der Waals surface area contributed by atoms with Gasteiger partial charge in [0.25, 0.3) is 0 Å². The van der Waals surface area contributed by atoms with Crippen LogP contribution in [0.15, 0.2) is 28.4 Å². The smallest absolute Gasteiger partial charge is 0.213 e. The minimum Gasteiger partial charge on any atom is -0.389 e. The van der Waals surface area contributed by atoms with Crippen molar-refractivity contribution < 1.29 is 14.4 Å². The zero-order valence-electron chi connectivity index (χ0n) is 10.5. The first-order valence-corrected chi connectivity index (χ1v) is 6.96. The zero-order valence-corrected chi connectivity index (χ0v) is 11.3. The van der Waals surface area contributed by atoms with E-state index in [4.69, 9.17) is 4.74 Å². The summed E-state index contributed by atoms with van der Waals surface area (Å²) in [6.45, 7) is 2.06. The maximum Gasteiger partial charge on any atom is 0.213 e. The lowest BCUT2D eigenvalue weighted by Crippen LogP contribution is -2.31. The van der Waals surface area contributed by atoms with Crippen LogP contribution >= 0.6 is 11.3 Å². The highest BCUT2D eigenvalue weighted by Crippen LogP contribution is 2.09. The summed E-state index contributed by atoms with van der Waals surface area (Å²) in [6.07, 6.45) is 1.48. The van der Waals surface area contributed by atoms with Crippen molar-refractivity contribution in [1.29, 1.82) is 0 Å². The molecular weight excluding hydrogens is 266 g/mol. The third kappa shape index (κ3) is 5.48. The lowest BCUT2D eigenvalue weighted by molar-refractivity contribution is 0.0300. The summed E-state index contributed by atoms with van der Waals surface area (Å²) in [5.41, 5.74) is 0. The van der Waals surface area contributed by atoms with Crippen LogP contribution in [-0.2, 0) is 17.8 Å². The normalized spacial score (nSPS) is 12.7. The Bertz CT molecular complexity index is 433. The fourth-order valence-corrected chi connectivity index (χ4v) is 2.16. The topological polar surface area (TPSA) is 80.4 Å². The van der Waals surface area contributed by atoms with Gasteiger partial charge in [0.2, 0.25) is 6.39 Å². The first-order chi connectivity index (χ1) is 9.34. The van der Waals surface area contributed by atoms with E-state index in [0.717, 1.165) is 4.88 Å². The molecule has 2 aromatic heterocycles. The second-order valence-electron chi connectivity index (χ2n) is 4.05. The zero-order chi connectivity index (χ0) is 13.3. The Balaban J connectivity index is 1.48. The second kappa shape index (κ2) is 8.00. The molecule has 7 heteroatoms. The Morgan fingerprint density at radius 3 is 3.21 bits per heavy atom. The fraction of sp³-hybridized carbons (Fsp3) is 0.500. The van der Waals surface area contributed by atoms with Gasteiger partial charge in [0.15, 0.2) is 5.82 Å². The molecule has 0 saturated heterocycles. The van der Waals surface area contributed by atoms with Gasteiger partial charge >= 0.3 is 0 Å². The van der Waals surface area contributed by atoms with Crippen LogP contribution in [-0.4, -0.2) is 41.0 Å². The first-order valence-electron chi connectivity index (χ1n) is 6.09. The summed E-state index contributed by atoms with van der Waals surface area (Å²) in [4.78, 5) is 5.07. The van der Waals surface area contributed by atoms with Gasteiger partial charge in [0.1, 0.15) is 0 Å². The Hall–Kier alpha value is -1.28. The van der Waals surface area contributed by atoms with Crippen molar-refractivity contribution in [3.05, 3.63) is 34.6 Å². The fourth-order valence-electron chi connectivity index (χ4n) is 1.52. The monoisotopic (exact) mass is 283 g/mol. The molecule has 0 spiro atoms. The number of aliphatic hydroxyl groups is 1. The number of nitrogens with zero attached hydrogens (tertiary/aromatic N) is 2. The maximum atomic E-state index is 9.70. The molecule has 2 rings (SSSR count). The third-order valence-electron chi connectivity index (χ3n) is 2.45. The molecule has 0 aromatic carbocycles. The quantitative estimate of drug-likeness (QED) is 0.664. The molecule has 2 aromatic rings. The number of hydrogen-bond acceptors (Lipinski definition) is 7. The van der Waals surface area contributed by atoms with Crippen molar-refractivity contribution in [3.8, 4) is 0 Å². The molecule has 0 saturated carbocycles. The second-order valence-corrected chi connectivity index (χ2v) is 5.08. The van der Waals surface area contributed by atoms with Gasteiger partial charge < -0.3 is 19.7 Å². The molecule has 1 atom stereocenters. The molecule has 0 aliphatic heterocycles. The highest BCUT2D eigenvalue weighted by atomic mass is 32.1. The summed E-state index contributed by atoms with van der Waals surface area (Å²) < 4.78 is 10.0. The van der Waals surface area contributed by atoms with Gasteiger partial charge in [-0.2, -0.15) is 4.98 Å². The summed E-state index contributed by atoms with van der Waals surface area (Å²) in [5, 5.41) is 18.5. The average molecular weight is 283 g/mol. The summed E-state index contributed by atoms with van der Waals surface area (Å²) in [7, 11) is 0. The first kappa shape index (κ1) is 14.1. The van der Waals surface area contributed by atoms with Crippen LogP contribution in [0.25, 0.3) is 0 Å². The van der Waals surface area contributed by atoms with E-state index in [1.807, 2.05) is 17.5 Å². The van der Waals surface area contributed by atoms with E-state index >= 15 is 0 Å². The number of hydrogen-bond donors (Lipinski definition) is 2. The summed E-state index contributed by atoms with van der Waals surface area (Å²) in [6, 6.07) is 4.00. The Morgan fingerprint density at radius 1 is 1.53 bits per heavy atom. The molecule has 0 aliphatic rings. The number of aromatic nitrogens is 2. The van der Waals surface area contributed by atoms with E-state index in [1.165, 1.54) is 6.39 Å². The van der Waals surface area contributed by atoms with Crippen molar-refractivity contribution in [3.63, 3.8) is 0 Å². The molecule has 104 valence electrons. The average Bonchev–Trinajstić information content (AvgIpc) is 3.07. The predicted molar refractivity (Wildman–Crippen MR) is 70.9 cm³/mol. The van der Waals surface area contributed by atoms with Crippen LogP contribution in [0.4, 0.5) is 0 Å². The van der Waals surface area contributed by atoms with Crippen LogP contribution in [0.1, 0.15) is 10.7 Å². The molecular formula is C12H17N3O3S. The Kier molecular flexibility index (Phi) is 5.96. The van der Waals surface area contributed by atoms with Gasteiger partial charge in [-0.15, -0.1) is 11.3 Å². The summed E-state index contributed by atoms with van der Waals surface area (Å²) >= 11 is 1.65. The van der Waals surface area contributed by atoms with E-state index in [2.05, 4.69) is 20.0 Å². The molecule has 6 nitrogen and oxygen atoms in total. The van der Waals surface area contributed by atoms with Gasteiger partial charge in [-0.3, -0.25) is 0 Å². The molecule has 0 amide bonds. The van der Waals surface area contributed by atoms with E-state index in [-0.39, 0.29) is 0 Å². The van der Waals surface area contributed by atoms with Crippen LogP contribution in [0.3, 0.4) is 0 Å². The minimum atomic E-state index is -0.509. The highest BCUT2D eigenvalue weighted by molar-refractivity contribution is 7.09. The lowest BCUT2D eigenvalue weighted by atomic mass is 10.3. The number of thiophene rings is 1. The van der Waals surface area contributed by atoms with Crippen LogP contribution < -0.4 is 5.32 Å². The lowest BCUT2D eigenvalue weighted by Gasteiger charge is -2.11. The molecule has 1 unspecified atom stereocenters. The highest BCUT2D eigenvalue weighted by Gasteiger charge is 2.05. The molecule has 0 bridgehead atoms. The van der Waals surface area contributed by atoms with Crippen LogP contribution in [0.5, 0.6) is 0 Å². The van der Waals surface area contributed by atoms with Gasteiger partial charge in [-0.05, 0) is 11.4 Å². The largest absolute Gasteiger partial charge is 0.389 e. The van der Waals surface area contributed by atoms with E-state index in [0.29, 0.717) is 38.5 Å². The number of rotatable bonds is 9. The minimum absolute atomic E-state index is 0.326. The van der Waals surface area contributed by atoms with E-state index in [1.54, 1.807) is 11.3 Å². The SMILES string of the molecule is OC(CNCCc1ncon1)COCc1cccs1. The number of ether oxygens (including phenoxy) is 1. The number of aliphatic hydroxyl groups excluding tert-OH is 1. The molecule has 0 radical (unpaired) electrons. The van der Waals surface area contributed by atoms with E-state index < -0.39 is 6.10 Å². The van der Waals surface area contributed by atoms with Crippen molar-refractivity contribution in [2.24, 2.45) is 0 Å². The Morgan fingerprint density at radius 2 is 2.47 bits per heavy atom. The van der Waals surface area contributed by atoms with Crippen molar-refractivity contribution >= 4 is 11.3 Å². The maximum absolute atomic E-state index is 9.70. The molecule has 19 heavy (non-hydrogen) atoms. The number of nitrogens with one attached hydrogen (secondary N) is 1. The predicted octanol–water partition coefficient (Wildman–Crippen LogP) is 0.841. The molecule has 2 N–H and O–H groups in total. The Labute approximate surface area is 115 Å². The van der Waals surface area contributed by atoms with Crippen LogP contribution in [0, 0.1) is 0 Å². The third-order valence-corrected chi connectivity index (χ3v) is 3.30. The van der Waals surface area contributed by atoms with E-state index in [9.17, 15) is 5.11 Å². The van der Waals surface area contributed by atoms with Gasteiger partial charge in [-0.25, -0.2) is 0 Å². The van der Waals surface area contributed by atoms with Crippen molar-refractivity contribution in [1.82, 2.24) is 15.5 Å². The molecule has 0 aliphatic carbocycles. The van der Waals surface area contributed by atoms with Gasteiger partial charge in [0, 0.05) is 24.4 Å². The molecule has 0 fully saturated rings. The van der Waals surface area contributed by atoms with Crippen molar-refractivity contribution in [2.75, 3.05) is 19.7 Å². The van der Waals surface area contributed by atoms with Gasteiger partial charge in [-0.1, -0.05) is 11.2 Å². The van der Waals surface area contributed by atoms with Crippen LogP contribution in [0.2, 0.25) is 0 Å². The van der Waals surface area contributed by atoms with Gasteiger partial charge in [0.05, 0.1) is 19.3 Å². The standard InChI is InChI=1S/C12H17N3O3S/c16-10(7-17-8-11-2-1-5-19-11)6-13-4-3-12-14-9-18-15-12/h1-2,5,9-10,13,16H,3-4,6-8H2. The molecule has 2 heterocycles. The van der Waals surface area contributed by atoms with Crippen molar-refractivity contribution in [2.45, 2.75) is 19.1 Å².